The van der Waals surface area contributed by atoms with Gasteiger partial charge in [0.15, 0.2) is 0 Å². The molecular formula is C8H15N. The molecule has 1 aliphatic carbocycles. The number of fused-ring (bicyclic) bond motifs is 3. The Morgan fingerprint density at radius 2 is 2.00 bits per heavy atom. The number of rotatable bonds is 0. The minimum Gasteiger partial charge on any atom is -0.314 e. The topological polar surface area (TPSA) is 12.0 Å². The summed E-state index contributed by atoms with van der Waals surface area (Å²) in [5.74, 6) is 2.02. The first-order valence-corrected chi connectivity index (χ1v) is 4.08. The van der Waals surface area contributed by atoms with Crippen LogP contribution in [0.25, 0.3) is 0 Å². The highest BCUT2D eigenvalue weighted by atomic mass is 14.9. The Hall–Kier alpha value is -0.0400. The first-order valence-electron chi connectivity index (χ1n) is 4.08. The molecule has 0 aromatic carbocycles. The highest BCUT2D eigenvalue weighted by Crippen LogP contribution is 2.35. The third-order valence-corrected chi connectivity index (χ3v) is 2.73. The van der Waals surface area contributed by atoms with Crippen LogP contribution in [0.3, 0.4) is 0 Å². The maximum absolute atomic E-state index is 3.56. The van der Waals surface area contributed by atoms with Gasteiger partial charge in [-0.1, -0.05) is 6.92 Å². The first-order chi connectivity index (χ1) is 4.34. The zero-order valence-corrected chi connectivity index (χ0v) is 6.06. The molecule has 3 aliphatic rings. The highest BCUT2D eigenvalue weighted by Gasteiger charge is 2.32. The van der Waals surface area contributed by atoms with Gasteiger partial charge >= 0.3 is 0 Å². The maximum atomic E-state index is 3.56. The van der Waals surface area contributed by atoms with Gasteiger partial charge in [0, 0.05) is 6.04 Å². The fraction of sp³-hybridized carbons (Fsp3) is 1.00. The minimum atomic E-state index is 0.903. The molecule has 1 nitrogen and oxygen atoms in total. The van der Waals surface area contributed by atoms with E-state index in [1.54, 1.807) is 0 Å². The van der Waals surface area contributed by atoms with Crippen molar-refractivity contribution in [2.75, 3.05) is 6.54 Å². The molecule has 1 atom stereocenters. The van der Waals surface area contributed by atoms with E-state index in [1.807, 2.05) is 0 Å². The zero-order valence-electron chi connectivity index (χ0n) is 6.06. The lowest BCUT2D eigenvalue weighted by atomic mass is 9.78. The fourth-order valence-electron chi connectivity index (χ4n) is 2.12. The molecule has 0 aromatic heterocycles. The molecule has 0 aromatic rings. The second kappa shape index (κ2) is 1.98. The summed E-state index contributed by atoms with van der Waals surface area (Å²) in [6.07, 6.45) is 4.40. The van der Waals surface area contributed by atoms with Crippen molar-refractivity contribution in [3.05, 3.63) is 0 Å². The van der Waals surface area contributed by atoms with Gasteiger partial charge in [-0.15, -0.1) is 0 Å². The number of nitrogens with one attached hydrogen (secondary N) is 1. The van der Waals surface area contributed by atoms with Gasteiger partial charge in [0.1, 0.15) is 0 Å². The van der Waals surface area contributed by atoms with E-state index in [-0.39, 0.29) is 0 Å². The fourth-order valence-corrected chi connectivity index (χ4v) is 2.12. The number of hydrogen-bond acceptors (Lipinski definition) is 1. The van der Waals surface area contributed by atoms with Crippen molar-refractivity contribution in [3.63, 3.8) is 0 Å². The molecule has 9 heavy (non-hydrogen) atoms. The van der Waals surface area contributed by atoms with Crippen molar-refractivity contribution in [2.45, 2.75) is 32.2 Å². The second-order valence-corrected chi connectivity index (χ2v) is 3.78. The quantitative estimate of drug-likeness (QED) is 0.516. The van der Waals surface area contributed by atoms with Crippen molar-refractivity contribution in [1.29, 1.82) is 0 Å². The average molecular weight is 125 g/mol. The van der Waals surface area contributed by atoms with Crippen LogP contribution in [0.2, 0.25) is 0 Å². The van der Waals surface area contributed by atoms with Crippen LogP contribution < -0.4 is 5.32 Å². The molecule has 2 aliphatic heterocycles. The maximum Gasteiger partial charge on any atom is 0.00724 e. The summed E-state index contributed by atoms with van der Waals surface area (Å²) in [4.78, 5) is 0. The van der Waals surface area contributed by atoms with Gasteiger partial charge in [-0.25, -0.2) is 0 Å². The van der Waals surface area contributed by atoms with Gasteiger partial charge in [0.25, 0.3) is 0 Å². The van der Waals surface area contributed by atoms with E-state index in [0.29, 0.717) is 0 Å². The Kier molecular flexibility index (Phi) is 1.26. The molecule has 0 spiro atoms. The standard InChI is InChI=1S/C8H15N/c1-6-2-7-3-8(4-7)9-5-6/h6-9H,2-5H2,1H3. The van der Waals surface area contributed by atoms with Crippen LogP contribution in [0.4, 0.5) is 0 Å². The molecule has 1 N–H and O–H groups in total. The molecule has 2 saturated heterocycles. The van der Waals surface area contributed by atoms with Crippen LogP contribution >= 0.6 is 0 Å². The van der Waals surface area contributed by atoms with E-state index >= 15 is 0 Å². The van der Waals surface area contributed by atoms with E-state index < -0.39 is 0 Å². The van der Waals surface area contributed by atoms with Crippen LogP contribution in [0.1, 0.15) is 26.2 Å². The van der Waals surface area contributed by atoms with E-state index in [0.717, 1.165) is 17.9 Å². The summed E-state index contributed by atoms with van der Waals surface area (Å²) in [7, 11) is 0. The average Bonchev–Trinajstić information content (AvgIpc) is 1.93. The van der Waals surface area contributed by atoms with Gasteiger partial charge in [0.2, 0.25) is 0 Å². The van der Waals surface area contributed by atoms with E-state index in [4.69, 9.17) is 0 Å². The molecule has 1 heteroatoms. The molecule has 1 saturated carbocycles. The summed E-state index contributed by atoms with van der Waals surface area (Å²) in [5, 5.41) is 3.56. The SMILES string of the molecule is CC1CNC2CC(C1)C2. The first kappa shape index (κ1) is 5.72. The molecule has 3 fully saturated rings. The van der Waals surface area contributed by atoms with Gasteiger partial charge < -0.3 is 5.32 Å². The zero-order chi connectivity index (χ0) is 6.27. The summed E-state index contributed by atoms with van der Waals surface area (Å²) in [6.45, 7) is 3.62. The number of hydrogen-bond donors (Lipinski definition) is 1. The highest BCUT2D eigenvalue weighted by molar-refractivity contribution is 4.89. The largest absolute Gasteiger partial charge is 0.314 e. The normalized spacial score (nSPS) is 49.7. The van der Waals surface area contributed by atoms with Crippen molar-refractivity contribution in [1.82, 2.24) is 5.32 Å². The molecule has 0 amide bonds. The Balaban J connectivity index is 1.96. The monoisotopic (exact) mass is 125 g/mol. The molecule has 2 bridgehead atoms. The molecule has 3 rings (SSSR count). The van der Waals surface area contributed by atoms with Crippen molar-refractivity contribution >= 4 is 0 Å². The summed E-state index contributed by atoms with van der Waals surface area (Å²) in [5.41, 5.74) is 0. The third-order valence-electron chi connectivity index (χ3n) is 2.73. The molecule has 2 heterocycles. The van der Waals surface area contributed by atoms with E-state index in [1.165, 1.54) is 25.8 Å². The Labute approximate surface area is 56.8 Å². The van der Waals surface area contributed by atoms with Gasteiger partial charge in [-0.3, -0.25) is 0 Å². The van der Waals surface area contributed by atoms with Gasteiger partial charge in [0.05, 0.1) is 0 Å². The Morgan fingerprint density at radius 1 is 1.22 bits per heavy atom. The van der Waals surface area contributed by atoms with Crippen molar-refractivity contribution < 1.29 is 0 Å². The van der Waals surface area contributed by atoms with Crippen LogP contribution in [0, 0.1) is 11.8 Å². The molecule has 1 unspecified atom stereocenters. The van der Waals surface area contributed by atoms with Gasteiger partial charge in [-0.05, 0) is 37.6 Å². The molecule has 52 valence electrons. The predicted molar refractivity (Wildman–Crippen MR) is 38.3 cm³/mol. The third kappa shape index (κ3) is 0.983. The molecule has 0 radical (unpaired) electrons. The smallest absolute Gasteiger partial charge is 0.00724 e. The minimum absolute atomic E-state index is 0.903. The summed E-state index contributed by atoms with van der Waals surface area (Å²) in [6, 6.07) is 0.903. The molecular weight excluding hydrogens is 110 g/mol. The van der Waals surface area contributed by atoms with Crippen molar-refractivity contribution in [2.24, 2.45) is 11.8 Å². The lowest BCUT2D eigenvalue weighted by molar-refractivity contribution is 0.240. The summed E-state index contributed by atoms with van der Waals surface area (Å²) < 4.78 is 0. The van der Waals surface area contributed by atoms with Crippen LogP contribution in [0.15, 0.2) is 0 Å². The van der Waals surface area contributed by atoms with E-state index in [9.17, 15) is 0 Å². The second-order valence-electron chi connectivity index (χ2n) is 3.78. The summed E-state index contributed by atoms with van der Waals surface area (Å²) >= 11 is 0. The lowest BCUT2D eigenvalue weighted by Crippen LogP contribution is -2.37. The van der Waals surface area contributed by atoms with Crippen molar-refractivity contribution in [3.8, 4) is 0 Å². The Morgan fingerprint density at radius 3 is 2.78 bits per heavy atom. The lowest BCUT2D eigenvalue weighted by Gasteiger charge is -2.32. The van der Waals surface area contributed by atoms with Crippen LogP contribution in [-0.4, -0.2) is 12.6 Å². The predicted octanol–water partition coefficient (Wildman–Crippen LogP) is 1.39. The van der Waals surface area contributed by atoms with E-state index in [2.05, 4.69) is 12.2 Å². The van der Waals surface area contributed by atoms with Gasteiger partial charge in [-0.2, -0.15) is 0 Å². The van der Waals surface area contributed by atoms with Crippen LogP contribution in [0.5, 0.6) is 0 Å². The Bertz CT molecular complexity index is 105. The van der Waals surface area contributed by atoms with Crippen LogP contribution in [-0.2, 0) is 0 Å².